The molecule has 152 valence electrons. The Bertz CT molecular complexity index is 899. The largest absolute Gasteiger partial charge is 0.497 e. The summed E-state index contributed by atoms with van der Waals surface area (Å²) < 4.78 is 30.9. The third-order valence-electron chi connectivity index (χ3n) is 4.29. The maximum Gasteiger partial charge on any atom is 0.241 e. The zero-order valence-corrected chi connectivity index (χ0v) is 18.1. The molecule has 0 heterocycles. The van der Waals surface area contributed by atoms with Gasteiger partial charge >= 0.3 is 0 Å². The Kier molecular flexibility index (Phi) is 7.77. The lowest BCUT2D eigenvalue weighted by molar-refractivity contribution is -0.120. The second-order valence-electron chi connectivity index (χ2n) is 6.27. The van der Waals surface area contributed by atoms with E-state index in [1.165, 1.54) is 11.8 Å². The lowest BCUT2D eigenvalue weighted by Crippen LogP contribution is -2.41. The van der Waals surface area contributed by atoms with E-state index < -0.39 is 10.0 Å². The molecule has 6 nitrogen and oxygen atoms in total. The van der Waals surface area contributed by atoms with Crippen molar-refractivity contribution in [3.63, 3.8) is 0 Å². The van der Waals surface area contributed by atoms with E-state index in [0.29, 0.717) is 12.1 Å². The number of hydrogen-bond donors (Lipinski definition) is 1. The quantitative estimate of drug-likeness (QED) is 0.627. The number of sulfonamides is 1. The van der Waals surface area contributed by atoms with Crippen LogP contribution in [0.15, 0.2) is 53.4 Å². The van der Waals surface area contributed by atoms with Crippen LogP contribution in [-0.2, 0) is 14.8 Å². The SMILES string of the molecule is CC[C@H](NC(=O)CN(c1cccc(SC)c1)S(C)(=O)=O)c1ccc(OC)cc1. The van der Waals surface area contributed by atoms with E-state index in [4.69, 9.17) is 4.74 Å². The Labute approximate surface area is 171 Å². The highest BCUT2D eigenvalue weighted by molar-refractivity contribution is 7.98. The first-order valence-electron chi connectivity index (χ1n) is 8.83. The number of methoxy groups -OCH3 is 1. The van der Waals surface area contributed by atoms with Crippen LogP contribution < -0.4 is 14.4 Å². The molecule has 0 aromatic heterocycles. The van der Waals surface area contributed by atoms with Crippen molar-refractivity contribution in [1.29, 1.82) is 0 Å². The van der Waals surface area contributed by atoms with Crippen LogP contribution in [0.3, 0.4) is 0 Å². The van der Waals surface area contributed by atoms with Crippen molar-refractivity contribution >= 4 is 33.4 Å². The van der Waals surface area contributed by atoms with Crippen LogP contribution in [0, 0.1) is 0 Å². The van der Waals surface area contributed by atoms with Gasteiger partial charge in [0, 0.05) is 4.90 Å². The molecule has 0 aliphatic heterocycles. The van der Waals surface area contributed by atoms with Crippen molar-refractivity contribution < 1.29 is 17.9 Å². The highest BCUT2D eigenvalue weighted by atomic mass is 32.2. The van der Waals surface area contributed by atoms with Gasteiger partial charge in [-0.25, -0.2) is 8.42 Å². The van der Waals surface area contributed by atoms with E-state index >= 15 is 0 Å². The van der Waals surface area contributed by atoms with Gasteiger partial charge in [0.05, 0.1) is 25.1 Å². The van der Waals surface area contributed by atoms with Gasteiger partial charge in [0.25, 0.3) is 0 Å². The summed E-state index contributed by atoms with van der Waals surface area (Å²) in [7, 11) is -2.01. The average Bonchev–Trinajstić information content (AvgIpc) is 2.69. The van der Waals surface area contributed by atoms with Crippen molar-refractivity contribution in [2.75, 3.05) is 30.5 Å². The minimum Gasteiger partial charge on any atom is -0.497 e. The summed E-state index contributed by atoms with van der Waals surface area (Å²) in [5.74, 6) is 0.379. The summed E-state index contributed by atoms with van der Waals surface area (Å²) in [6.07, 6.45) is 3.70. The van der Waals surface area contributed by atoms with Crippen LogP contribution in [0.25, 0.3) is 0 Å². The predicted molar refractivity (Wildman–Crippen MR) is 115 cm³/mol. The highest BCUT2D eigenvalue weighted by Crippen LogP contribution is 2.24. The van der Waals surface area contributed by atoms with Crippen molar-refractivity contribution in [1.82, 2.24) is 5.32 Å². The number of carbonyl (C=O) groups excluding carboxylic acids is 1. The van der Waals surface area contributed by atoms with E-state index in [9.17, 15) is 13.2 Å². The Morgan fingerprint density at radius 1 is 1.21 bits per heavy atom. The molecule has 1 amide bonds. The lowest BCUT2D eigenvalue weighted by Gasteiger charge is -2.24. The van der Waals surface area contributed by atoms with Crippen LogP contribution in [0.2, 0.25) is 0 Å². The molecular weight excluding hydrogens is 396 g/mol. The second kappa shape index (κ2) is 9.84. The first-order chi connectivity index (χ1) is 13.3. The van der Waals surface area contributed by atoms with E-state index in [1.807, 2.05) is 43.5 Å². The predicted octanol–water partition coefficient (Wildman–Crippen LogP) is 3.45. The smallest absolute Gasteiger partial charge is 0.241 e. The third kappa shape index (κ3) is 5.90. The van der Waals surface area contributed by atoms with E-state index in [0.717, 1.165) is 26.8 Å². The number of thioether (sulfide) groups is 1. The first-order valence-corrected chi connectivity index (χ1v) is 11.9. The Balaban J connectivity index is 2.18. The summed E-state index contributed by atoms with van der Waals surface area (Å²) in [4.78, 5) is 13.6. The minimum absolute atomic E-state index is 0.211. The van der Waals surface area contributed by atoms with Gasteiger partial charge < -0.3 is 10.1 Å². The van der Waals surface area contributed by atoms with Crippen LogP contribution in [0.5, 0.6) is 5.75 Å². The number of amides is 1. The van der Waals surface area contributed by atoms with E-state index in [2.05, 4.69) is 5.32 Å². The van der Waals surface area contributed by atoms with E-state index in [1.54, 1.807) is 25.3 Å². The summed E-state index contributed by atoms with van der Waals surface area (Å²) in [5.41, 5.74) is 1.41. The summed E-state index contributed by atoms with van der Waals surface area (Å²) in [5, 5.41) is 2.93. The van der Waals surface area contributed by atoms with Crippen LogP contribution in [0.1, 0.15) is 24.9 Å². The summed E-state index contributed by atoms with van der Waals surface area (Å²) in [6, 6.07) is 14.4. The fourth-order valence-electron chi connectivity index (χ4n) is 2.79. The van der Waals surface area contributed by atoms with Gasteiger partial charge in [-0.15, -0.1) is 11.8 Å². The van der Waals surface area contributed by atoms with Crippen LogP contribution in [0.4, 0.5) is 5.69 Å². The van der Waals surface area contributed by atoms with Gasteiger partial charge in [-0.3, -0.25) is 9.10 Å². The van der Waals surface area contributed by atoms with Crippen molar-refractivity contribution in [3.05, 3.63) is 54.1 Å². The van der Waals surface area contributed by atoms with Gasteiger partial charge in [0.1, 0.15) is 12.3 Å². The molecule has 0 fully saturated rings. The maximum absolute atomic E-state index is 12.6. The molecule has 0 aliphatic rings. The number of nitrogens with one attached hydrogen (secondary N) is 1. The van der Waals surface area contributed by atoms with Gasteiger partial charge in [0.15, 0.2) is 0 Å². The maximum atomic E-state index is 12.6. The number of rotatable bonds is 9. The van der Waals surface area contributed by atoms with Crippen LogP contribution >= 0.6 is 11.8 Å². The first kappa shape index (κ1) is 22.1. The highest BCUT2D eigenvalue weighted by Gasteiger charge is 2.22. The van der Waals surface area contributed by atoms with Crippen LogP contribution in [-0.4, -0.2) is 40.5 Å². The van der Waals surface area contributed by atoms with Gasteiger partial charge in [-0.05, 0) is 48.6 Å². The van der Waals surface area contributed by atoms with Crippen molar-refractivity contribution in [2.45, 2.75) is 24.3 Å². The Hall–Kier alpha value is -2.19. The molecule has 0 bridgehead atoms. The molecule has 1 atom stereocenters. The lowest BCUT2D eigenvalue weighted by atomic mass is 10.0. The molecule has 28 heavy (non-hydrogen) atoms. The molecule has 1 N–H and O–H groups in total. The molecule has 2 aromatic rings. The summed E-state index contributed by atoms with van der Waals surface area (Å²) >= 11 is 1.51. The van der Waals surface area contributed by atoms with Gasteiger partial charge in [-0.2, -0.15) is 0 Å². The monoisotopic (exact) mass is 422 g/mol. The molecule has 2 aromatic carbocycles. The zero-order valence-electron chi connectivity index (χ0n) is 16.5. The Morgan fingerprint density at radius 2 is 1.89 bits per heavy atom. The van der Waals surface area contributed by atoms with Crippen molar-refractivity contribution in [3.8, 4) is 5.75 Å². The number of hydrogen-bond acceptors (Lipinski definition) is 5. The molecule has 8 heteroatoms. The summed E-state index contributed by atoms with van der Waals surface area (Å²) in [6.45, 7) is 1.69. The normalized spacial score (nSPS) is 12.3. The fraction of sp³-hybridized carbons (Fsp3) is 0.350. The fourth-order valence-corrected chi connectivity index (χ4v) is 4.09. The number of nitrogens with zero attached hydrogens (tertiary/aromatic N) is 1. The zero-order chi connectivity index (χ0) is 20.7. The molecule has 0 saturated carbocycles. The number of ether oxygens (including phenoxy) is 1. The molecule has 0 spiro atoms. The molecule has 0 unspecified atom stereocenters. The number of anilines is 1. The average molecular weight is 423 g/mol. The standard InChI is InChI=1S/C20H26N2O4S2/c1-5-19(15-9-11-17(26-2)12-10-15)21-20(23)14-22(28(4,24)25)16-7-6-8-18(13-16)27-3/h6-13,19H,5,14H2,1-4H3,(H,21,23)/t19-/m0/s1. The van der Waals surface area contributed by atoms with Gasteiger partial charge in [-0.1, -0.05) is 25.1 Å². The number of benzene rings is 2. The molecule has 0 radical (unpaired) electrons. The molecular formula is C20H26N2O4S2. The van der Waals surface area contributed by atoms with Crippen molar-refractivity contribution in [2.24, 2.45) is 0 Å². The molecule has 2 rings (SSSR count). The third-order valence-corrected chi connectivity index (χ3v) is 6.16. The van der Waals surface area contributed by atoms with E-state index in [-0.39, 0.29) is 18.5 Å². The Morgan fingerprint density at radius 3 is 2.43 bits per heavy atom. The minimum atomic E-state index is -3.61. The number of carbonyl (C=O) groups is 1. The van der Waals surface area contributed by atoms with Gasteiger partial charge in [0.2, 0.25) is 15.9 Å². The molecule has 0 aliphatic carbocycles. The molecule has 0 saturated heterocycles. The second-order valence-corrected chi connectivity index (χ2v) is 9.06. The topological polar surface area (TPSA) is 75.7 Å².